The smallest absolute Gasteiger partial charge is 0.213 e. The average Bonchev–Trinajstić information content (AvgIpc) is 3.47. The largest absolute Gasteiger partial charge is 0.477 e. The molecule has 1 aliphatic carbocycles. The zero-order valence-corrected chi connectivity index (χ0v) is 16.6. The zero-order chi connectivity index (χ0) is 20.1. The van der Waals surface area contributed by atoms with E-state index in [0.717, 1.165) is 25.1 Å². The molecular weight excluding hydrogens is 371 g/mol. The SMILES string of the molecule is CN=C(NCc1ccc(OCC2CC2)nc1)NC1CCN(c2ncccc2F)C1. The summed E-state index contributed by atoms with van der Waals surface area (Å²) in [4.78, 5) is 14.8. The van der Waals surface area contributed by atoms with Crippen molar-refractivity contribution in [3.8, 4) is 5.88 Å². The lowest BCUT2D eigenvalue weighted by Crippen LogP contribution is -2.44. The van der Waals surface area contributed by atoms with E-state index in [1.165, 1.54) is 18.9 Å². The van der Waals surface area contributed by atoms with Crippen LogP contribution < -0.4 is 20.3 Å². The quantitative estimate of drug-likeness (QED) is 0.551. The van der Waals surface area contributed by atoms with Gasteiger partial charge < -0.3 is 20.3 Å². The summed E-state index contributed by atoms with van der Waals surface area (Å²) < 4.78 is 19.6. The van der Waals surface area contributed by atoms with Gasteiger partial charge >= 0.3 is 0 Å². The molecule has 154 valence electrons. The molecule has 8 heteroatoms. The van der Waals surface area contributed by atoms with Crippen LogP contribution in [-0.2, 0) is 6.54 Å². The summed E-state index contributed by atoms with van der Waals surface area (Å²) in [5, 5.41) is 6.72. The molecule has 4 rings (SSSR count). The summed E-state index contributed by atoms with van der Waals surface area (Å²) in [6.07, 6.45) is 6.87. The molecule has 7 nitrogen and oxygen atoms in total. The van der Waals surface area contributed by atoms with Crippen LogP contribution in [0, 0.1) is 11.7 Å². The number of guanidine groups is 1. The van der Waals surface area contributed by atoms with Crippen LogP contribution in [-0.4, -0.2) is 48.7 Å². The third kappa shape index (κ3) is 5.34. The van der Waals surface area contributed by atoms with Crippen LogP contribution in [0.4, 0.5) is 10.2 Å². The van der Waals surface area contributed by atoms with Gasteiger partial charge in [0.25, 0.3) is 0 Å². The van der Waals surface area contributed by atoms with E-state index in [1.807, 2.05) is 23.2 Å². The topological polar surface area (TPSA) is 74.7 Å². The van der Waals surface area contributed by atoms with E-state index in [-0.39, 0.29) is 11.9 Å². The summed E-state index contributed by atoms with van der Waals surface area (Å²) in [6.45, 7) is 2.82. The first kappa shape index (κ1) is 19.4. The van der Waals surface area contributed by atoms with E-state index in [4.69, 9.17) is 4.74 Å². The minimum Gasteiger partial charge on any atom is -0.477 e. The van der Waals surface area contributed by atoms with Crippen molar-refractivity contribution in [1.29, 1.82) is 0 Å². The molecule has 2 fully saturated rings. The van der Waals surface area contributed by atoms with Crippen LogP contribution >= 0.6 is 0 Å². The van der Waals surface area contributed by atoms with Crippen molar-refractivity contribution in [3.05, 3.63) is 48.0 Å². The van der Waals surface area contributed by atoms with Gasteiger partial charge in [0.1, 0.15) is 0 Å². The van der Waals surface area contributed by atoms with Gasteiger partial charge in [0.05, 0.1) is 6.61 Å². The number of halogens is 1. The van der Waals surface area contributed by atoms with Crippen molar-refractivity contribution >= 4 is 11.8 Å². The van der Waals surface area contributed by atoms with Gasteiger partial charge in [0.2, 0.25) is 5.88 Å². The van der Waals surface area contributed by atoms with Gasteiger partial charge in [-0.1, -0.05) is 6.07 Å². The highest BCUT2D eigenvalue weighted by atomic mass is 19.1. The molecule has 2 aromatic rings. The van der Waals surface area contributed by atoms with Crippen molar-refractivity contribution in [2.75, 3.05) is 31.6 Å². The number of rotatable bonds is 7. The summed E-state index contributed by atoms with van der Waals surface area (Å²) in [7, 11) is 1.74. The molecule has 2 aliphatic rings. The first-order chi connectivity index (χ1) is 14.2. The number of anilines is 1. The lowest BCUT2D eigenvalue weighted by atomic mass is 10.2. The molecule has 0 amide bonds. The van der Waals surface area contributed by atoms with Crippen molar-refractivity contribution in [2.45, 2.75) is 31.8 Å². The third-order valence-corrected chi connectivity index (χ3v) is 5.21. The highest BCUT2D eigenvalue weighted by Gasteiger charge is 2.26. The van der Waals surface area contributed by atoms with E-state index >= 15 is 0 Å². The van der Waals surface area contributed by atoms with E-state index in [2.05, 4.69) is 25.6 Å². The highest BCUT2D eigenvalue weighted by Crippen LogP contribution is 2.29. The van der Waals surface area contributed by atoms with Crippen LogP contribution in [0.3, 0.4) is 0 Å². The molecule has 1 unspecified atom stereocenters. The second kappa shape index (κ2) is 9.07. The number of pyridine rings is 2. The summed E-state index contributed by atoms with van der Waals surface area (Å²) in [6, 6.07) is 7.15. The average molecular weight is 398 g/mol. The third-order valence-electron chi connectivity index (χ3n) is 5.21. The van der Waals surface area contributed by atoms with E-state index in [0.29, 0.717) is 36.7 Å². The Morgan fingerprint density at radius 2 is 2.17 bits per heavy atom. The van der Waals surface area contributed by atoms with E-state index in [9.17, 15) is 4.39 Å². The summed E-state index contributed by atoms with van der Waals surface area (Å²) in [5.41, 5.74) is 1.05. The molecule has 1 saturated heterocycles. The normalized spacial score (nSPS) is 19.3. The molecular formula is C21H27FN6O. The summed E-state index contributed by atoms with van der Waals surface area (Å²) in [5.74, 6) is 2.24. The number of aliphatic imine (C=N–C) groups is 1. The van der Waals surface area contributed by atoms with Crippen LogP contribution in [0.1, 0.15) is 24.8 Å². The molecule has 1 saturated carbocycles. The predicted molar refractivity (Wildman–Crippen MR) is 111 cm³/mol. The fourth-order valence-electron chi connectivity index (χ4n) is 3.34. The van der Waals surface area contributed by atoms with Crippen molar-refractivity contribution in [3.63, 3.8) is 0 Å². The maximum Gasteiger partial charge on any atom is 0.213 e. The second-order valence-electron chi connectivity index (χ2n) is 7.57. The first-order valence-corrected chi connectivity index (χ1v) is 10.1. The van der Waals surface area contributed by atoms with Crippen LogP contribution in [0.15, 0.2) is 41.7 Å². The van der Waals surface area contributed by atoms with Gasteiger partial charge in [-0.3, -0.25) is 4.99 Å². The Labute approximate surface area is 170 Å². The van der Waals surface area contributed by atoms with Gasteiger partial charge in [-0.2, -0.15) is 0 Å². The molecule has 2 aromatic heterocycles. The first-order valence-electron chi connectivity index (χ1n) is 10.1. The molecule has 0 bridgehead atoms. The fraction of sp³-hybridized carbons (Fsp3) is 0.476. The predicted octanol–water partition coefficient (Wildman–Crippen LogP) is 2.35. The Balaban J connectivity index is 1.24. The molecule has 2 N–H and O–H groups in total. The molecule has 1 atom stereocenters. The van der Waals surface area contributed by atoms with Gasteiger partial charge in [0.15, 0.2) is 17.6 Å². The number of hydrogen-bond acceptors (Lipinski definition) is 5. The lowest BCUT2D eigenvalue weighted by Gasteiger charge is -2.20. The number of aromatic nitrogens is 2. The van der Waals surface area contributed by atoms with Crippen molar-refractivity contribution in [2.24, 2.45) is 10.9 Å². The minimum absolute atomic E-state index is 0.180. The van der Waals surface area contributed by atoms with Gasteiger partial charge in [-0.25, -0.2) is 14.4 Å². The molecule has 0 aromatic carbocycles. The fourth-order valence-corrected chi connectivity index (χ4v) is 3.34. The summed E-state index contributed by atoms with van der Waals surface area (Å²) >= 11 is 0. The van der Waals surface area contributed by atoms with Gasteiger partial charge in [0, 0.05) is 51.2 Å². The highest BCUT2D eigenvalue weighted by molar-refractivity contribution is 5.80. The number of nitrogens with one attached hydrogen (secondary N) is 2. The maximum absolute atomic E-state index is 13.9. The maximum atomic E-state index is 13.9. The lowest BCUT2D eigenvalue weighted by molar-refractivity contribution is 0.288. The van der Waals surface area contributed by atoms with Gasteiger partial charge in [-0.15, -0.1) is 0 Å². The molecule has 0 radical (unpaired) electrons. The minimum atomic E-state index is -0.285. The Morgan fingerprint density at radius 3 is 2.90 bits per heavy atom. The van der Waals surface area contributed by atoms with Crippen LogP contribution in [0.5, 0.6) is 5.88 Å². The number of ether oxygens (including phenoxy) is 1. The zero-order valence-electron chi connectivity index (χ0n) is 16.6. The van der Waals surface area contributed by atoms with Gasteiger partial charge in [-0.05, 0) is 42.9 Å². The molecule has 1 aliphatic heterocycles. The van der Waals surface area contributed by atoms with Crippen LogP contribution in [0.25, 0.3) is 0 Å². The van der Waals surface area contributed by atoms with Crippen molar-refractivity contribution < 1.29 is 9.13 Å². The molecule has 29 heavy (non-hydrogen) atoms. The number of hydrogen-bond donors (Lipinski definition) is 2. The Kier molecular flexibility index (Phi) is 6.07. The van der Waals surface area contributed by atoms with E-state index < -0.39 is 0 Å². The Bertz CT molecular complexity index is 839. The second-order valence-corrected chi connectivity index (χ2v) is 7.57. The van der Waals surface area contributed by atoms with Crippen molar-refractivity contribution in [1.82, 2.24) is 20.6 Å². The molecule has 0 spiro atoms. The Morgan fingerprint density at radius 1 is 1.28 bits per heavy atom. The monoisotopic (exact) mass is 398 g/mol. The standard InChI is InChI=1S/C21H27FN6O/c1-23-21(26-12-16-6-7-19(25-11-16)29-14-15-4-5-15)27-17-8-10-28(13-17)20-18(22)3-2-9-24-20/h2-3,6-7,9,11,15,17H,4-5,8,10,12-14H2,1H3,(H2,23,26,27). The van der Waals surface area contributed by atoms with E-state index in [1.54, 1.807) is 19.3 Å². The number of nitrogens with zero attached hydrogens (tertiary/aromatic N) is 4. The van der Waals surface area contributed by atoms with Crippen LogP contribution in [0.2, 0.25) is 0 Å². The molecule has 3 heterocycles. The Hall–Kier alpha value is -2.90.